The van der Waals surface area contributed by atoms with Gasteiger partial charge in [0.15, 0.2) is 10.9 Å². The number of nitrogens with one attached hydrogen (secondary N) is 2. The summed E-state index contributed by atoms with van der Waals surface area (Å²) in [5.41, 5.74) is 1.50. The van der Waals surface area contributed by atoms with E-state index in [0.29, 0.717) is 16.5 Å². The highest BCUT2D eigenvalue weighted by atomic mass is 32.1. The van der Waals surface area contributed by atoms with Crippen LogP contribution in [0, 0.1) is 6.92 Å². The van der Waals surface area contributed by atoms with E-state index >= 15 is 0 Å². The zero-order valence-electron chi connectivity index (χ0n) is 14.4. The number of alkyl halides is 3. The van der Waals surface area contributed by atoms with Crippen LogP contribution in [0.4, 0.5) is 24.7 Å². The van der Waals surface area contributed by atoms with Gasteiger partial charge in [0, 0.05) is 17.4 Å². The minimum Gasteiger partial charge on any atom is -0.332 e. The molecule has 1 heterocycles. The number of anilines is 2. The van der Waals surface area contributed by atoms with Crippen molar-refractivity contribution in [3.8, 4) is 0 Å². The van der Waals surface area contributed by atoms with Gasteiger partial charge in [0.1, 0.15) is 0 Å². The third-order valence-electron chi connectivity index (χ3n) is 3.84. The van der Waals surface area contributed by atoms with Crippen LogP contribution in [0.3, 0.4) is 0 Å². The van der Waals surface area contributed by atoms with E-state index < -0.39 is 11.7 Å². The number of aryl methyl sites for hydroxylation is 1. The number of halogens is 3. The average molecular weight is 390 g/mol. The molecule has 2 N–H and O–H groups in total. The lowest BCUT2D eigenvalue weighted by Crippen LogP contribution is -2.19. The van der Waals surface area contributed by atoms with Gasteiger partial charge in [-0.15, -0.1) is 0 Å². The van der Waals surface area contributed by atoms with Gasteiger partial charge in [-0.3, -0.25) is 4.68 Å². The fourth-order valence-corrected chi connectivity index (χ4v) is 2.77. The minimum absolute atomic E-state index is 0.232. The summed E-state index contributed by atoms with van der Waals surface area (Å²) in [6, 6.07) is 16.5. The fourth-order valence-electron chi connectivity index (χ4n) is 2.55. The van der Waals surface area contributed by atoms with Crippen molar-refractivity contribution in [3.05, 3.63) is 77.5 Å². The highest BCUT2D eigenvalue weighted by molar-refractivity contribution is 7.80. The molecule has 4 nitrogen and oxygen atoms in total. The van der Waals surface area contributed by atoms with Gasteiger partial charge in [-0.1, -0.05) is 30.3 Å². The molecule has 0 aliphatic rings. The third-order valence-corrected chi connectivity index (χ3v) is 4.05. The van der Waals surface area contributed by atoms with Crippen molar-refractivity contribution in [3.63, 3.8) is 0 Å². The summed E-state index contributed by atoms with van der Waals surface area (Å²) >= 11 is 5.26. The molecule has 0 bridgehead atoms. The first-order valence-electron chi connectivity index (χ1n) is 8.15. The van der Waals surface area contributed by atoms with Crippen molar-refractivity contribution in [2.75, 3.05) is 10.6 Å². The first-order chi connectivity index (χ1) is 12.8. The lowest BCUT2D eigenvalue weighted by Gasteiger charge is -2.10. The number of aromatic nitrogens is 2. The van der Waals surface area contributed by atoms with Gasteiger partial charge >= 0.3 is 6.18 Å². The Kier molecular flexibility index (Phi) is 5.46. The maximum Gasteiger partial charge on any atom is 0.416 e. The molecule has 3 aromatic rings. The van der Waals surface area contributed by atoms with Crippen molar-refractivity contribution >= 4 is 28.8 Å². The van der Waals surface area contributed by atoms with Gasteiger partial charge in [0.25, 0.3) is 0 Å². The minimum atomic E-state index is -4.36. The highest BCUT2D eigenvalue weighted by Crippen LogP contribution is 2.29. The standard InChI is InChI=1S/C19H17F3N4S/c1-13-10-17(24-18(27)23-16-8-3-2-4-9-16)25-26(13)12-14-6-5-7-15(11-14)19(20,21)22/h2-11H,12H2,1H3,(H2,23,24,25,27). The highest BCUT2D eigenvalue weighted by Gasteiger charge is 2.30. The molecule has 0 unspecified atom stereocenters. The maximum atomic E-state index is 12.9. The van der Waals surface area contributed by atoms with Crippen molar-refractivity contribution in [1.29, 1.82) is 0 Å². The Morgan fingerprint density at radius 3 is 2.48 bits per heavy atom. The second kappa shape index (κ2) is 7.79. The Balaban J connectivity index is 1.69. The summed E-state index contributed by atoms with van der Waals surface area (Å²) < 4.78 is 40.2. The van der Waals surface area contributed by atoms with E-state index in [0.717, 1.165) is 23.5 Å². The molecule has 3 rings (SSSR count). The summed E-state index contributed by atoms with van der Waals surface area (Å²) in [6.45, 7) is 2.07. The second-order valence-electron chi connectivity index (χ2n) is 5.97. The number of thiocarbonyl (C=S) groups is 1. The van der Waals surface area contributed by atoms with Gasteiger partial charge < -0.3 is 10.6 Å². The van der Waals surface area contributed by atoms with Crippen molar-refractivity contribution in [2.45, 2.75) is 19.6 Å². The molecular weight excluding hydrogens is 373 g/mol. The predicted octanol–water partition coefficient (Wildman–Crippen LogP) is 5.07. The monoisotopic (exact) mass is 390 g/mol. The van der Waals surface area contributed by atoms with Crippen molar-refractivity contribution in [1.82, 2.24) is 9.78 Å². The zero-order valence-corrected chi connectivity index (χ0v) is 15.2. The zero-order chi connectivity index (χ0) is 19.4. The first kappa shape index (κ1) is 18.9. The third kappa shape index (κ3) is 5.07. The molecule has 8 heteroatoms. The molecule has 140 valence electrons. The Labute approximate surface area is 160 Å². The Morgan fingerprint density at radius 1 is 1.04 bits per heavy atom. The Morgan fingerprint density at radius 2 is 1.78 bits per heavy atom. The van der Waals surface area contributed by atoms with E-state index in [4.69, 9.17) is 12.2 Å². The lowest BCUT2D eigenvalue weighted by atomic mass is 10.1. The number of benzene rings is 2. The molecule has 0 saturated heterocycles. The van der Waals surface area contributed by atoms with Gasteiger partial charge in [0.2, 0.25) is 0 Å². The van der Waals surface area contributed by atoms with Crippen LogP contribution in [0.25, 0.3) is 0 Å². The number of hydrogen-bond acceptors (Lipinski definition) is 2. The molecule has 1 aromatic heterocycles. The van der Waals surface area contributed by atoms with E-state index in [2.05, 4.69) is 15.7 Å². The fraction of sp³-hybridized carbons (Fsp3) is 0.158. The molecule has 0 amide bonds. The molecule has 2 aromatic carbocycles. The SMILES string of the molecule is Cc1cc(NC(=S)Nc2ccccc2)nn1Cc1cccc(C(F)(F)F)c1. The van der Waals surface area contributed by atoms with Crippen LogP contribution in [-0.2, 0) is 12.7 Å². The molecule has 0 radical (unpaired) electrons. The lowest BCUT2D eigenvalue weighted by molar-refractivity contribution is -0.137. The average Bonchev–Trinajstić information content (AvgIpc) is 2.94. The van der Waals surface area contributed by atoms with Gasteiger partial charge in [-0.25, -0.2) is 0 Å². The normalized spacial score (nSPS) is 11.3. The Hall–Kier alpha value is -2.87. The van der Waals surface area contributed by atoms with Crippen LogP contribution >= 0.6 is 12.2 Å². The van der Waals surface area contributed by atoms with Crippen LogP contribution in [0.5, 0.6) is 0 Å². The molecule has 27 heavy (non-hydrogen) atoms. The van der Waals surface area contributed by atoms with Crippen LogP contribution in [0.1, 0.15) is 16.8 Å². The van der Waals surface area contributed by atoms with Crippen LogP contribution in [-0.4, -0.2) is 14.9 Å². The van der Waals surface area contributed by atoms with E-state index in [1.165, 1.54) is 6.07 Å². The first-order valence-corrected chi connectivity index (χ1v) is 8.56. The van der Waals surface area contributed by atoms with Crippen LogP contribution < -0.4 is 10.6 Å². The Bertz CT molecular complexity index is 936. The molecule has 0 aliphatic heterocycles. The van der Waals surface area contributed by atoms with E-state index in [-0.39, 0.29) is 6.54 Å². The van der Waals surface area contributed by atoms with E-state index in [9.17, 15) is 13.2 Å². The summed E-state index contributed by atoms with van der Waals surface area (Å²) in [5, 5.41) is 10.8. The maximum absolute atomic E-state index is 12.9. The summed E-state index contributed by atoms with van der Waals surface area (Å²) in [4.78, 5) is 0. The molecule has 0 saturated carbocycles. The topological polar surface area (TPSA) is 41.9 Å². The summed E-state index contributed by atoms with van der Waals surface area (Å²) in [6.07, 6.45) is -4.36. The number of para-hydroxylation sites is 1. The largest absolute Gasteiger partial charge is 0.416 e. The molecular formula is C19H17F3N4S. The second-order valence-corrected chi connectivity index (χ2v) is 6.38. The molecule has 0 atom stereocenters. The van der Waals surface area contributed by atoms with Gasteiger partial charge in [0.05, 0.1) is 12.1 Å². The predicted molar refractivity (Wildman–Crippen MR) is 104 cm³/mol. The molecule has 0 aliphatic carbocycles. The van der Waals surface area contributed by atoms with Crippen LogP contribution in [0.15, 0.2) is 60.7 Å². The molecule has 0 spiro atoms. The van der Waals surface area contributed by atoms with Crippen molar-refractivity contribution in [2.24, 2.45) is 0 Å². The number of nitrogens with zero attached hydrogens (tertiary/aromatic N) is 2. The van der Waals surface area contributed by atoms with Crippen molar-refractivity contribution < 1.29 is 13.2 Å². The van der Waals surface area contributed by atoms with Gasteiger partial charge in [-0.2, -0.15) is 18.3 Å². The summed E-state index contributed by atoms with van der Waals surface area (Å²) in [7, 11) is 0. The van der Waals surface area contributed by atoms with Crippen LogP contribution in [0.2, 0.25) is 0 Å². The quantitative estimate of drug-likeness (QED) is 0.611. The van der Waals surface area contributed by atoms with E-state index in [1.54, 1.807) is 16.8 Å². The molecule has 0 fully saturated rings. The van der Waals surface area contributed by atoms with E-state index in [1.807, 2.05) is 37.3 Å². The smallest absolute Gasteiger partial charge is 0.332 e. The number of rotatable bonds is 4. The summed E-state index contributed by atoms with van der Waals surface area (Å²) in [5.74, 6) is 0.521. The number of hydrogen-bond donors (Lipinski definition) is 2. The van der Waals surface area contributed by atoms with Gasteiger partial charge in [-0.05, 0) is 49.0 Å².